The first-order chi connectivity index (χ1) is 8.97. The van der Waals surface area contributed by atoms with Crippen molar-refractivity contribution in [2.75, 3.05) is 5.32 Å². The summed E-state index contributed by atoms with van der Waals surface area (Å²) >= 11 is 8.14. The topological polar surface area (TPSA) is 29.1 Å². The number of amides is 1. The van der Waals surface area contributed by atoms with E-state index in [-0.39, 0.29) is 5.56 Å². The summed E-state index contributed by atoms with van der Waals surface area (Å²) < 4.78 is 14.6. The van der Waals surface area contributed by atoms with Crippen LogP contribution in [0.4, 0.5) is 10.1 Å². The van der Waals surface area contributed by atoms with Crippen molar-refractivity contribution >= 4 is 45.8 Å². The summed E-state index contributed by atoms with van der Waals surface area (Å²) in [5.74, 6) is -1.06. The number of hydrogen-bond acceptors (Lipinski definition) is 1. The number of nitrogens with one attached hydrogen (secondary N) is 1. The second-order valence-corrected chi connectivity index (χ2v) is 5.71. The lowest BCUT2D eigenvalue weighted by molar-refractivity contribution is 0.102. The Bertz CT molecular complexity index is 645. The van der Waals surface area contributed by atoms with Crippen molar-refractivity contribution in [3.8, 4) is 0 Å². The number of hydrogen-bond donors (Lipinski definition) is 1. The van der Waals surface area contributed by atoms with Crippen LogP contribution in [0.15, 0.2) is 36.4 Å². The highest BCUT2D eigenvalue weighted by Gasteiger charge is 2.13. The first-order valence-electron chi connectivity index (χ1n) is 5.50. The molecule has 0 bridgehead atoms. The van der Waals surface area contributed by atoms with Crippen LogP contribution in [0.3, 0.4) is 0 Å². The molecule has 0 spiro atoms. The molecule has 0 aliphatic rings. The van der Waals surface area contributed by atoms with Gasteiger partial charge in [-0.25, -0.2) is 4.39 Å². The van der Waals surface area contributed by atoms with Gasteiger partial charge in [0.2, 0.25) is 0 Å². The molecule has 2 nitrogen and oxygen atoms in total. The summed E-state index contributed by atoms with van der Waals surface area (Å²) in [6.45, 7) is 1.80. The molecule has 0 radical (unpaired) electrons. The third-order valence-electron chi connectivity index (χ3n) is 2.55. The molecule has 1 amide bonds. The maximum absolute atomic E-state index is 13.6. The third-order valence-corrected chi connectivity index (χ3v) is 3.53. The number of rotatable bonds is 2. The Morgan fingerprint density at radius 2 is 2.00 bits per heavy atom. The molecule has 0 atom stereocenters. The van der Waals surface area contributed by atoms with E-state index >= 15 is 0 Å². The minimum Gasteiger partial charge on any atom is -0.321 e. The molecule has 19 heavy (non-hydrogen) atoms. The molecular formula is C14H10ClFINO. The van der Waals surface area contributed by atoms with Crippen LogP contribution < -0.4 is 5.32 Å². The van der Waals surface area contributed by atoms with E-state index in [4.69, 9.17) is 11.6 Å². The predicted octanol–water partition coefficient (Wildman–Crippen LogP) is 4.64. The van der Waals surface area contributed by atoms with Crippen LogP contribution in [-0.4, -0.2) is 5.91 Å². The van der Waals surface area contributed by atoms with Gasteiger partial charge in [0, 0.05) is 3.57 Å². The van der Waals surface area contributed by atoms with E-state index < -0.39 is 11.7 Å². The highest BCUT2D eigenvalue weighted by atomic mass is 127. The number of halogens is 3. The number of aryl methyl sites for hydroxylation is 1. The van der Waals surface area contributed by atoms with Crippen molar-refractivity contribution in [1.29, 1.82) is 0 Å². The molecule has 2 aromatic rings. The Balaban J connectivity index is 2.28. The van der Waals surface area contributed by atoms with Crippen molar-refractivity contribution in [1.82, 2.24) is 0 Å². The number of benzene rings is 2. The van der Waals surface area contributed by atoms with Crippen LogP contribution >= 0.6 is 34.2 Å². The van der Waals surface area contributed by atoms with Gasteiger partial charge in [-0.1, -0.05) is 23.2 Å². The Hall–Kier alpha value is -1.14. The van der Waals surface area contributed by atoms with E-state index in [9.17, 15) is 9.18 Å². The lowest BCUT2D eigenvalue weighted by Crippen LogP contribution is -2.14. The maximum atomic E-state index is 13.6. The van der Waals surface area contributed by atoms with E-state index in [1.807, 2.05) is 6.07 Å². The van der Waals surface area contributed by atoms with Gasteiger partial charge in [-0.3, -0.25) is 4.79 Å². The Kier molecular flexibility index (Phi) is 4.42. The fourth-order valence-electron chi connectivity index (χ4n) is 1.59. The fourth-order valence-corrected chi connectivity index (χ4v) is 2.50. The Morgan fingerprint density at radius 3 is 2.68 bits per heavy atom. The van der Waals surface area contributed by atoms with Crippen LogP contribution in [0.2, 0.25) is 5.02 Å². The van der Waals surface area contributed by atoms with Gasteiger partial charge in [-0.05, 0) is 59.8 Å². The summed E-state index contributed by atoms with van der Waals surface area (Å²) in [6, 6.07) is 9.63. The molecule has 0 heterocycles. The highest BCUT2D eigenvalue weighted by molar-refractivity contribution is 14.1. The van der Waals surface area contributed by atoms with Gasteiger partial charge in [-0.15, -0.1) is 0 Å². The lowest BCUT2D eigenvalue weighted by atomic mass is 10.1. The largest absolute Gasteiger partial charge is 0.321 e. The van der Waals surface area contributed by atoms with Crippen LogP contribution in [0, 0.1) is 16.3 Å². The number of carbonyl (C=O) groups excluding carboxylic acids is 1. The SMILES string of the molecule is Cc1ccc(F)c(C(=O)Nc2ccc(I)cc2Cl)c1. The van der Waals surface area contributed by atoms with Crippen LogP contribution in [0.1, 0.15) is 15.9 Å². The number of anilines is 1. The van der Waals surface area contributed by atoms with Gasteiger partial charge in [0.05, 0.1) is 16.3 Å². The summed E-state index contributed by atoms with van der Waals surface area (Å²) in [4.78, 5) is 12.0. The first-order valence-corrected chi connectivity index (χ1v) is 6.95. The van der Waals surface area contributed by atoms with E-state index in [2.05, 4.69) is 27.9 Å². The molecule has 5 heteroatoms. The van der Waals surface area contributed by atoms with Crippen LogP contribution in [-0.2, 0) is 0 Å². The molecule has 2 aromatic carbocycles. The van der Waals surface area contributed by atoms with Crippen molar-refractivity contribution < 1.29 is 9.18 Å². The van der Waals surface area contributed by atoms with E-state index in [1.165, 1.54) is 12.1 Å². The Morgan fingerprint density at radius 1 is 1.26 bits per heavy atom. The molecule has 1 N–H and O–H groups in total. The van der Waals surface area contributed by atoms with E-state index in [0.29, 0.717) is 10.7 Å². The average molecular weight is 390 g/mol. The second kappa shape index (κ2) is 5.88. The molecule has 0 saturated heterocycles. The number of carbonyl (C=O) groups is 1. The van der Waals surface area contributed by atoms with Gasteiger partial charge in [0.15, 0.2) is 0 Å². The van der Waals surface area contributed by atoms with Crippen LogP contribution in [0.5, 0.6) is 0 Å². The minimum absolute atomic E-state index is 0.00890. The molecular weight excluding hydrogens is 380 g/mol. The van der Waals surface area contributed by atoms with E-state index in [0.717, 1.165) is 9.13 Å². The summed E-state index contributed by atoms with van der Waals surface area (Å²) in [5.41, 5.74) is 1.29. The maximum Gasteiger partial charge on any atom is 0.258 e. The Labute approximate surface area is 129 Å². The molecule has 0 unspecified atom stereocenters. The van der Waals surface area contributed by atoms with Crippen molar-refractivity contribution in [3.63, 3.8) is 0 Å². The predicted molar refractivity (Wildman–Crippen MR) is 83.3 cm³/mol. The quantitative estimate of drug-likeness (QED) is 0.745. The zero-order valence-electron chi connectivity index (χ0n) is 10.0. The summed E-state index contributed by atoms with van der Waals surface area (Å²) in [5, 5.41) is 3.03. The summed E-state index contributed by atoms with van der Waals surface area (Å²) in [7, 11) is 0. The van der Waals surface area contributed by atoms with Gasteiger partial charge in [-0.2, -0.15) is 0 Å². The molecule has 0 aromatic heterocycles. The smallest absolute Gasteiger partial charge is 0.258 e. The third kappa shape index (κ3) is 3.45. The molecule has 98 valence electrons. The molecule has 0 aliphatic heterocycles. The normalized spacial score (nSPS) is 10.3. The molecule has 0 aliphatic carbocycles. The standard InChI is InChI=1S/C14H10ClFINO/c1-8-2-4-12(16)10(6-8)14(19)18-13-5-3-9(17)7-11(13)15/h2-7H,1H3,(H,18,19). The lowest BCUT2D eigenvalue weighted by Gasteiger charge is -2.08. The van der Waals surface area contributed by atoms with E-state index in [1.54, 1.807) is 25.1 Å². The van der Waals surface area contributed by atoms with Crippen molar-refractivity contribution in [2.24, 2.45) is 0 Å². The second-order valence-electron chi connectivity index (χ2n) is 4.06. The van der Waals surface area contributed by atoms with Gasteiger partial charge in [0.1, 0.15) is 5.82 Å². The monoisotopic (exact) mass is 389 g/mol. The molecule has 0 saturated carbocycles. The minimum atomic E-state index is -0.551. The van der Waals surface area contributed by atoms with Gasteiger partial charge < -0.3 is 5.32 Å². The van der Waals surface area contributed by atoms with Gasteiger partial charge in [0.25, 0.3) is 5.91 Å². The zero-order valence-corrected chi connectivity index (χ0v) is 12.9. The molecule has 0 fully saturated rings. The summed E-state index contributed by atoms with van der Waals surface area (Å²) in [6.07, 6.45) is 0. The first kappa shape index (κ1) is 14.3. The van der Waals surface area contributed by atoms with Crippen LogP contribution in [0.25, 0.3) is 0 Å². The van der Waals surface area contributed by atoms with Crippen molar-refractivity contribution in [2.45, 2.75) is 6.92 Å². The fraction of sp³-hybridized carbons (Fsp3) is 0.0714. The molecule has 2 rings (SSSR count). The average Bonchev–Trinajstić information content (AvgIpc) is 2.35. The zero-order chi connectivity index (χ0) is 14.0. The van der Waals surface area contributed by atoms with Gasteiger partial charge >= 0.3 is 0 Å². The van der Waals surface area contributed by atoms with Crippen molar-refractivity contribution in [3.05, 3.63) is 61.9 Å². The highest BCUT2D eigenvalue weighted by Crippen LogP contribution is 2.24.